The number of hydrogen-bond acceptors (Lipinski definition) is 9. The summed E-state index contributed by atoms with van der Waals surface area (Å²) in [7, 11) is 1.27. The average Bonchev–Trinajstić information content (AvgIpc) is 4.00. The van der Waals surface area contributed by atoms with E-state index in [4.69, 9.17) is 24.5 Å². The summed E-state index contributed by atoms with van der Waals surface area (Å²) < 4.78 is 11.0. The number of carbonyl (C=O) groups excluding carboxylic acids is 2. The molecule has 0 amide bonds. The molecule has 0 saturated heterocycles. The smallest absolute Gasteiger partial charge is 0.875 e. The van der Waals surface area contributed by atoms with Gasteiger partial charge in [-0.05, 0) is 146 Å². The van der Waals surface area contributed by atoms with Gasteiger partial charge in [-0.2, -0.15) is 0 Å². The number of esters is 2. The van der Waals surface area contributed by atoms with Crippen molar-refractivity contribution in [1.29, 1.82) is 0 Å². The van der Waals surface area contributed by atoms with Crippen LogP contribution >= 0.6 is 0 Å². The average molecular weight is 905 g/mol. The zero-order chi connectivity index (χ0) is 47.3. The van der Waals surface area contributed by atoms with Crippen molar-refractivity contribution < 1.29 is 29.3 Å². The number of aromatic amines is 1. The number of rotatable bonds is 16. The number of aliphatic imine (C=N–C) groups is 3. The molecule has 1 N–H and O–H groups in total. The molecular weight excluding hydrogens is 837 g/mol. The Morgan fingerprint density at radius 1 is 0.803 bits per heavy atom. The van der Waals surface area contributed by atoms with Crippen molar-refractivity contribution in [2.75, 3.05) is 13.7 Å². The molecule has 0 unspecified atom stereocenters. The Balaban J connectivity index is 0.00000817. The molecular formula is C55H68MgN4O6. The first-order valence-electron chi connectivity index (χ1n) is 23.4. The number of nitrogens with one attached hydrogen (secondary N) is 1. The van der Waals surface area contributed by atoms with Gasteiger partial charge >= 0.3 is 35.0 Å². The number of methoxy groups -OCH3 is 1. The van der Waals surface area contributed by atoms with E-state index in [1.807, 2.05) is 45.1 Å². The van der Waals surface area contributed by atoms with E-state index in [2.05, 4.69) is 71.7 Å². The number of hydrogen-bond donors (Lipinski definition) is 1. The van der Waals surface area contributed by atoms with Gasteiger partial charge in [0.1, 0.15) is 6.61 Å². The van der Waals surface area contributed by atoms with Crippen LogP contribution in [-0.4, -0.2) is 70.8 Å². The number of nitrogens with zero attached hydrogens (tertiary/aromatic N) is 3. The van der Waals surface area contributed by atoms with Gasteiger partial charge in [-0.1, -0.05) is 74.0 Å². The zero-order valence-corrected chi connectivity index (χ0v) is 42.8. The van der Waals surface area contributed by atoms with Crippen molar-refractivity contribution in [3.63, 3.8) is 0 Å². The standard InChI is InChI=1S/C55H70N4O6.Mg/c1-13-39-34(7)41-29-46-48(38(11)60)36(9)43(57-46)27-42-35(8)40(52(58-42)50-51(55(63)64-12)54(62)49-37(10)44(59-53(49)50)28-45(39)56-41)23-24-47(61)65-26-25-33(6)22-16-21-32(5)20-15-19-31(4)18-14-17-30(2)3;/h17,19,21,25,27-29,34-35,39-40,59-60,62H,13-16,18,20,22-24,26H2,1-12H3;/q;+2/p-2/b31-19+,32-21+,33-25+,41-29?,42-27?,44-28?,48-38?;/t34-,35+,39-,40+;/m1./s1. The van der Waals surface area contributed by atoms with Gasteiger partial charge < -0.3 is 24.7 Å². The van der Waals surface area contributed by atoms with Crippen molar-refractivity contribution in [2.24, 2.45) is 38.6 Å². The fourth-order valence-electron chi connectivity index (χ4n) is 9.68. The summed E-state index contributed by atoms with van der Waals surface area (Å²) in [5, 5.41) is 28.8. The summed E-state index contributed by atoms with van der Waals surface area (Å²) in [4.78, 5) is 45.8. The van der Waals surface area contributed by atoms with E-state index in [0.29, 0.717) is 56.9 Å². The number of aromatic nitrogens is 1. The molecule has 0 spiro atoms. The fourth-order valence-corrected chi connectivity index (χ4v) is 9.68. The molecule has 5 aliphatic rings. The molecule has 346 valence electrons. The number of ether oxygens (including phenoxy) is 2. The zero-order valence-electron chi connectivity index (χ0n) is 41.4. The fraction of sp³-hybridized carbons (Fsp3) is 0.473. The molecule has 0 aromatic carbocycles. The molecule has 1 aliphatic carbocycles. The van der Waals surface area contributed by atoms with E-state index in [-0.39, 0.29) is 77.1 Å². The van der Waals surface area contributed by atoms with Crippen LogP contribution in [0.25, 0.3) is 17.4 Å². The molecule has 11 heteroatoms. The van der Waals surface area contributed by atoms with Gasteiger partial charge in [0, 0.05) is 58.1 Å². The first-order valence-corrected chi connectivity index (χ1v) is 23.4. The Morgan fingerprint density at radius 2 is 1.41 bits per heavy atom. The normalized spacial score (nSPS) is 22.3. The predicted molar refractivity (Wildman–Crippen MR) is 265 cm³/mol. The quantitative estimate of drug-likeness (QED) is 0.0760. The third kappa shape index (κ3) is 11.4. The maximum Gasteiger partial charge on any atom is 2.00 e. The van der Waals surface area contributed by atoms with Gasteiger partial charge in [0.15, 0.2) is 0 Å². The summed E-state index contributed by atoms with van der Waals surface area (Å²) in [5.74, 6) is -2.09. The van der Waals surface area contributed by atoms with Crippen LogP contribution in [0, 0.1) is 30.6 Å². The molecule has 66 heavy (non-hydrogen) atoms. The first kappa shape index (κ1) is 52.0. The van der Waals surface area contributed by atoms with Crippen molar-refractivity contribution >= 4 is 69.5 Å². The van der Waals surface area contributed by atoms with E-state index in [1.165, 1.54) is 23.8 Å². The molecule has 1 aromatic rings. The predicted octanol–water partition coefficient (Wildman–Crippen LogP) is 8.57. The van der Waals surface area contributed by atoms with Gasteiger partial charge in [0.05, 0.1) is 35.2 Å². The molecule has 5 heterocycles. The molecule has 0 fully saturated rings. The van der Waals surface area contributed by atoms with Crippen LogP contribution in [0.3, 0.4) is 0 Å². The maximum absolute atomic E-state index is 14.4. The Hall–Kier alpha value is -5.00. The number of carbonyl (C=O) groups is 2. The minimum Gasteiger partial charge on any atom is -0.875 e. The number of fused-ring (bicyclic) bond motifs is 5. The Labute approximate surface area is 408 Å². The van der Waals surface area contributed by atoms with Crippen LogP contribution in [0.1, 0.15) is 138 Å². The molecule has 1 aromatic heterocycles. The summed E-state index contributed by atoms with van der Waals surface area (Å²) in [6.07, 6.45) is 22.1. The Bertz CT molecular complexity index is 2640. The topological polar surface area (TPSA) is 152 Å². The molecule has 6 rings (SSSR count). The monoisotopic (exact) mass is 904 g/mol. The second kappa shape index (κ2) is 22.7. The largest absolute Gasteiger partial charge is 2.00 e. The van der Waals surface area contributed by atoms with Crippen molar-refractivity contribution in [3.8, 4) is 0 Å². The second-order valence-electron chi connectivity index (χ2n) is 18.7. The Morgan fingerprint density at radius 3 is 2.02 bits per heavy atom. The second-order valence-corrected chi connectivity index (χ2v) is 18.7. The summed E-state index contributed by atoms with van der Waals surface area (Å²) in [6.45, 7) is 22.6. The van der Waals surface area contributed by atoms with E-state index in [1.54, 1.807) is 6.92 Å². The minimum atomic E-state index is -0.750. The SMILES string of the molecule is CC[C@H]1C2=NC(=CC3=NC(=C(C)C3=C(C)[O-])C=C3N=C(C4=c5[nH]c(c(C)c5C([O-])=C4C(=O)OC)=C2)[C@@H](CCC(=O)OC/C=C(\C)CC/C=C(\C)CC/C=C(\C)CCC=C(C)C)[C@@H]3C)[C@@H]1C.[Mg+2]. The molecule has 0 saturated carbocycles. The van der Waals surface area contributed by atoms with Gasteiger partial charge in [-0.3, -0.25) is 14.8 Å². The van der Waals surface area contributed by atoms with Crippen molar-refractivity contribution in [3.05, 3.63) is 120 Å². The maximum atomic E-state index is 14.4. The van der Waals surface area contributed by atoms with E-state index >= 15 is 0 Å². The third-order valence-corrected chi connectivity index (χ3v) is 13.7. The minimum absolute atomic E-state index is 0. The molecule has 4 atom stereocenters. The van der Waals surface area contributed by atoms with Crippen LogP contribution in [0.5, 0.6) is 0 Å². The van der Waals surface area contributed by atoms with Gasteiger partial charge in [-0.15, -0.1) is 5.76 Å². The van der Waals surface area contributed by atoms with E-state index < -0.39 is 11.7 Å². The molecule has 4 aliphatic heterocycles. The van der Waals surface area contributed by atoms with Crippen molar-refractivity contribution in [1.82, 2.24) is 4.98 Å². The van der Waals surface area contributed by atoms with E-state index in [0.717, 1.165) is 72.8 Å². The van der Waals surface area contributed by atoms with Crippen LogP contribution < -0.4 is 20.9 Å². The summed E-state index contributed by atoms with van der Waals surface area (Å²) in [5.41, 5.74) is 12.1. The number of H-pyrrole nitrogens is 1. The number of allylic oxidation sites excluding steroid dienone is 14. The van der Waals surface area contributed by atoms with Crippen LogP contribution in [-0.2, 0) is 19.1 Å². The molecule has 8 bridgehead atoms. The van der Waals surface area contributed by atoms with Gasteiger partial charge in [0.25, 0.3) is 0 Å². The summed E-state index contributed by atoms with van der Waals surface area (Å²) in [6, 6.07) is 0. The van der Waals surface area contributed by atoms with Gasteiger partial charge in [0.2, 0.25) is 0 Å². The molecule has 10 nitrogen and oxygen atoms in total. The van der Waals surface area contributed by atoms with Gasteiger partial charge in [-0.25, -0.2) is 9.79 Å². The van der Waals surface area contributed by atoms with Crippen LogP contribution in [0.15, 0.2) is 113 Å². The van der Waals surface area contributed by atoms with E-state index in [9.17, 15) is 19.8 Å². The Kier molecular flexibility index (Phi) is 17.8. The first-order chi connectivity index (χ1) is 30.9. The summed E-state index contributed by atoms with van der Waals surface area (Å²) >= 11 is 0. The van der Waals surface area contributed by atoms with Crippen LogP contribution in [0.4, 0.5) is 0 Å². The third-order valence-electron chi connectivity index (χ3n) is 13.7. The van der Waals surface area contributed by atoms with Crippen molar-refractivity contribution in [2.45, 2.75) is 134 Å². The molecule has 0 radical (unpaired) electrons. The van der Waals surface area contributed by atoms with Crippen LogP contribution in [0.2, 0.25) is 0 Å².